The van der Waals surface area contributed by atoms with Crippen LogP contribution in [0.25, 0.3) is 10.8 Å². The van der Waals surface area contributed by atoms with E-state index in [0.29, 0.717) is 4.90 Å². The molecular weight excluding hydrogens is 332 g/mol. The van der Waals surface area contributed by atoms with Crippen LogP contribution in [0, 0.1) is 0 Å². The predicted molar refractivity (Wildman–Crippen MR) is 103 cm³/mol. The zero-order valence-electron chi connectivity index (χ0n) is 14.6. The summed E-state index contributed by atoms with van der Waals surface area (Å²) in [5.74, 6) is 0. The fourth-order valence-corrected chi connectivity index (χ4v) is 4.45. The van der Waals surface area contributed by atoms with E-state index in [1.165, 1.54) is 0 Å². The molecule has 1 atom stereocenters. The lowest BCUT2D eigenvalue weighted by atomic mass is 10.1. The van der Waals surface area contributed by atoms with Crippen molar-refractivity contribution in [3.8, 4) is 0 Å². The fourth-order valence-electron chi connectivity index (χ4n) is 2.99. The van der Waals surface area contributed by atoms with Crippen LogP contribution < -0.4 is 9.62 Å². The molecule has 130 valence electrons. The van der Waals surface area contributed by atoms with Crippen LogP contribution in [0.1, 0.15) is 18.5 Å². The Morgan fingerprint density at radius 3 is 2.16 bits per heavy atom. The number of benzene rings is 3. The third kappa shape index (κ3) is 3.52. The average Bonchev–Trinajstić information content (AvgIpc) is 2.60. The summed E-state index contributed by atoms with van der Waals surface area (Å²) in [6.45, 7) is 1.85. The molecule has 0 aliphatic carbocycles. The molecule has 0 spiro atoms. The van der Waals surface area contributed by atoms with Gasteiger partial charge >= 0.3 is 0 Å². The smallest absolute Gasteiger partial charge is 0.241 e. The van der Waals surface area contributed by atoms with Crippen molar-refractivity contribution >= 4 is 26.5 Å². The van der Waals surface area contributed by atoms with Crippen molar-refractivity contribution in [2.24, 2.45) is 0 Å². The fraction of sp³-hybridized carbons (Fsp3) is 0.200. The summed E-state index contributed by atoms with van der Waals surface area (Å²) in [5.41, 5.74) is 1.92. The minimum atomic E-state index is -3.65. The number of anilines is 1. The van der Waals surface area contributed by atoms with Crippen LogP contribution in [0.5, 0.6) is 0 Å². The van der Waals surface area contributed by atoms with Crippen LogP contribution in [0.3, 0.4) is 0 Å². The molecule has 4 nitrogen and oxygen atoms in total. The Kier molecular flexibility index (Phi) is 4.79. The maximum atomic E-state index is 13.0. The summed E-state index contributed by atoms with van der Waals surface area (Å²) < 4.78 is 28.8. The van der Waals surface area contributed by atoms with Gasteiger partial charge in [0.05, 0.1) is 4.90 Å². The normalized spacial score (nSPS) is 12.9. The van der Waals surface area contributed by atoms with Crippen molar-refractivity contribution in [1.29, 1.82) is 0 Å². The van der Waals surface area contributed by atoms with Crippen molar-refractivity contribution < 1.29 is 8.42 Å². The van der Waals surface area contributed by atoms with Gasteiger partial charge in [0.15, 0.2) is 0 Å². The molecule has 0 fully saturated rings. The van der Waals surface area contributed by atoms with E-state index in [1.807, 2.05) is 80.5 Å². The first-order chi connectivity index (χ1) is 11.9. The molecule has 0 heterocycles. The minimum absolute atomic E-state index is 0.302. The van der Waals surface area contributed by atoms with E-state index in [0.717, 1.165) is 22.0 Å². The SMILES string of the molecule is CC(NS(=O)(=O)c1cccc2c(N(C)C)cccc12)c1ccccc1. The zero-order chi connectivity index (χ0) is 18.0. The Hall–Kier alpha value is -2.37. The molecule has 0 aliphatic rings. The van der Waals surface area contributed by atoms with Gasteiger partial charge in [-0.3, -0.25) is 0 Å². The first-order valence-corrected chi connectivity index (χ1v) is 9.65. The van der Waals surface area contributed by atoms with Crippen LogP contribution in [0.2, 0.25) is 0 Å². The van der Waals surface area contributed by atoms with Crippen LogP contribution >= 0.6 is 0 Å². The largest absolute Gasteiger partial charge is 0.377 e. The van der Waals surface area contributed by atoms with E-state index in [2.05, 4.69) is 4.72 Å². The monoisotopic (exact) mass is 354 g/mol. The van der Waals surface area contributed by atoms with Gasteiger partial charge in [0, 0.05) is 36.6 Å². The van der Waals surface area contributed by atoms with Crippen molar-refractivity contribution in [2.45, 2.75) is 17.9 Å². The highest BCUT2D eigenvalue weighted by atomic mass is 32.2. The molecule has 3 rings (SSSR count). The lowest BCUT2D eigenvalue weighted by Gasteiger charge is -2.18. The van der Waals surface area contributed by atoms with Gasteiger partial charge < -0.3 is 4.90 Å². The Bertz CT molecular complexity index is 983. The number of rotatable bonds is 5. The van der Waals surface area contributed by atoms with Crippen LogP contribution in [-0.4, -0.2) is 22.5 Å². The van der Waals surface area contributed by atoms with Crippen LogP contribution in [0.4, 0.5) is 5.69 Å². The van der Waals surface area contributed by atoms with E-state index < -0.39 is 10.0 Å². The topological polar surface area (TPSA) is 49.4 Å². The number of hydrogen-bond donors (Lipinski definition) is 1. The molecular formula is C20H22N2O2S. The molecule has 0 saturated carbocycles. The maximum Gasteiger partial charge on any atom is 0.241 e. The van der Waals surface area contributed by atoms with Crippen LogP contribution in [-0.2, 0) is 10.0 Å². The second-order valence-corrected chi connectivity index (χ2v) is 7.96. The van der Waals surface area contributed by atoms with Crippen molar-refractivity contribution in [1.82, 2.24) is 4.72 Å². The number of nitrogens with one attached hydrogen (secondary N) is 1. The van der Waals surface area contributed by atoms with Gasteiger partial charge in [-0.25, -0.2) is 13.1 Å². The lowest BCUT2D eigenvalue weighted by Crippen LogP contribution is -2.27. The highest BCUT2D eigenvalue weighted by Gasteiger charge is 2.21. The van der Waals surface area contributed by atoms with Gasteiger partial charge in [-0.1, -0.05) is 54.6 Å². The predicted octanol–water partition coefficient (Wildman–Crippen LogP) is 3.95. The highest BCUT2D eigenvalue weighted by molar-refractivity contribution is 7.89. The van der Waals surface area contributed by atoms with E-state index in [-0.39, 0.29) is 6.04 Å². The van der Waals surface area contributed by atoms with Gasteiger partial charge in [0.1, 0.15) is 0 Å². The summed E-state index contributed by atoms with van der Waals surface area (Å²) in [6.07, 6.45) is 0. The Morgan fingerprint density at radius 1 is 0.840 bits per heavy atom. The van der Waals surface area contributed by atoms with Gasteiger partial charge in [0.2, 0.25) is 10.0 Å². The number of nitrogens with zero attached hydrogens (tertiary/aromatic N) is 1. The molecule has 25 heavy (non-hydrogen) atoms. The first-order valence-electron chi connectivity index (χ1n) is 8.16. The molecule has 1 N–H and O–H groups in total. The quantitative estimate of drug-likeness (QED) is 0.755. The van der Waals surface area contributed by atoms with E-state index in [9.17, 15) is 8.42 Å². The Labute approximate surface area is 149 Å². The summed E-state index contributed by atoms with van der Waals surface area (Å²) >= 11 is 0. The summed E-state index contributed by atoms with van der Waals surface area (Å²) in [7, 11) is 0.255. The number of fused-ring (bicyclic) bond motifs is 1. The average molecular weight is 354 g/mol. The molecule has 0 aromatic heterocycles. The molecule has 5 heteroatoms. The highest BCUT2D eigenvalue weighted by Crippen LogP contribution is 2.30. The molecule has 3 aromatic carbocycles. The summed E-state index contributed by atoms with van der Waals surface area (Å²) in [6, 6.07) is 20.4. The third-order valence-electron chi connectivity index (χ3n) is 4.26. The standard InChI is InChI=1S/C20H22N2O2S/c1-15(16-9-5-4-6-10-16)21-25(23,24)20-14-8-11-17-18(20)12-7-13-19(17)22(2)3/h4-15,21H,1-3H3. The summed E-state index contributed by atoms with van der Waals surface area (Å²) in [4.78, 5) is 2.29. The van der Waals surface area contributed by atoms with E-state index in [1.54, 1.807) is 12.1 Å². The summed E-state index contributed by atoms with van der Waals surface area (Å²) in [5, 5.41) is 1.64. The zero-order valence-corrected chi connectivity index (χ0v) is 15.4. The molecule has 0 amide bonds. The van der Waals surface area contributed by atoms with Gasteiger partial charge in [-0.05, 0) is 24.6 Å². The first kappa shape index (κ1) is 17.5. The molecule has 3 aromatic rings. The third-order valence-corrected chi connectivity index (χ3v) is 5.86. The second-order valence-electron chi connectivity index (χ2n) is 6.28. The van der Waals surface area contributed by atoms with Gasteiger partial charge in [-0.15, -0.1) is 0 Å². The Balaban J connectivity index is 2.05. The van der Waals surface area contributed by atoms with Gasteiger partial charge in [0.25, 0.3) is 0 Å². The van der Waals surface area contributed by atoms with Gasteiger partial charge in [-0.2, -0.15) is 0 Å². The molecule has 0 saturated heterocycles. The minimum Gasteiger partial charge on any atom is -0.377 e. The number of hydrogen-bond acceptors (Lipinski definition) is 3. The van der Waals surface area contributed by atoms with Crippen molar-refractivity contribution in [3.63, 3.8) is 0 Å². The van der Waals surface area contributed by atoms with E-state index >= 15 is 0 Å². The van der Waals surface area contributed by atoms with Crippen LogP contribution in [0.15, 0.2) is 71.6 Å². The maximum absolute atomic E-state index is 13.0. The second kappa shape index (κ2) is 6.86. The van der Waals surface area contributed by atoms with E-state index in [4.69, 9.17) is 0 Å². The molecule has 0 aliphatic heterocycles. The molecule has 0 bridgehead atoms. The molecule has 0 radical (unpaired) electrons. The van der Waals surface area contributed by atoms with Crippen molar-refractivity contribution in [2.75, 3.05) is 19.0 Å². The Morgan fingerprint density at radius 2 is 1.48 bits per heavy atom. The lowest BCUT2D eigenvalue weighted by molar-refractivity contribution is 0.568. The number of sulfonamides is 1. The molecule has 1 unspecified atom stereocenters. The van der Waals surface area contributed by atoms with Crippen molar-refractivity contribution in [3.05, 3.63) is 72.3 Å².